The van der Waals surface area contributed by atoms with Crippen molar-refractivity contribution in [3.63, 3.8) is 0 Å². The Bertz CT molecular complexity index is 1200. The topological polar surface area (TPSA) is 58.6 Å². The number of anilines is 2. The van der Waals surface area contributed by atoms with Gasteiger partial charge in [0.1, 0.15) is 16.4 Å². The SMILES string of the molecule is COc1ccc(NC2=C(Sc3ccc(Cl)cc3)C(=O)N(c3ccc(C(C)C)cc3)C2=O)cc1. The predicted molar refractivity (Wildman–Crippen MR) is 134 cm³/mol. The number of rotatable bonds is 7. The van der Waals surface area contributed by atoms with E-state index in [4.69, 9.17) is 16.3 Å². The maximum absolute atomic E-state index is 13.4. The molecule has 7 heteroatoms. The van der Waals surface area contributed by atoms with Crippen molar-refractivity contribution in [1.29, 1.82) is 0 Å². The van der Waals surface area contributed by atoms with Crippen LogP contribution in [-0.4, -0.2) is 18.9 Å². The smallest absolute Gasteiger partial charge is 0.283 e. The number of hydrogen-bond donors (Lipinski definition) is 1. The van der Waals surface area contributed by atoms with Gasteiger partial charge in [0.15, 0.2) is 0 Å². The largest absolute Gasteiger partial charge is 0.497 e. The first-order valence-electron chi connectivity index (χ1n) is 10.4. The number of methoxy groups -OCH3 is 1. The van der Waals surface area contributed by atoms with E-state index >= 15 is 0 Å². The third kappa shape index (κ3) is 4.92. The van der Waals surface area contributed by atoms with Crippen LogP contribution in [0.5, 0.6) is 5.75 Å². The van der Waals surface area contributed by atoms with Crippen LogP contribution in [0.4, 0.5) is 11.4 Å². The Kier molecular flexibility index (Phi) is 6.77. The number of hydrogen-bond acceptors (Lipinski definition) is 5. The van der Waals surface area contributed by atoms with Crippen LogP contribution < -0.4 is 15.0 Å². The normalized spacial score (nSPS) is 13.8. The van der Waals surface area contributed by atoms with Gasteiger partial charge < -0.3 is 10.1 Å². The van der Waals surface area contributed by atoms with Gasteiger partial charge in [-0.3, -0.25) is 9.59 Å². The molecule has 1 aliphatic heterocycles. The van der Waals surface area contributed by atoms with Crippen LogP contribution in [0.25, 0.3) is 0 Å². The van der Waals surface area contributed by atoms with Crippen molar-refractivity contribution >= 4 is 46.6 Å². The molecule has 33 heavy (non-hydrogen) atoms. The number of ether oxygens (including phenoxy) is 1. The monoisotopic (exact) mass is 478 g/mol. The molecule has 0 bridgehead atoms. The minimum absolute atomic E-state index is 0.234. The summed E-state index contributed by atoms with van der Waals surface area (Å²) >= 11 is 7.24. The van der Waals surface area contributed by atoms with Gasteiger partial charge in [-0.25, -0.2) is 4.90 Å². The van der Waals surface area contributed by atoms with Gasteiger partial charge in [-0.1, -0.05) is 49.3 Å². The average Bonchev–Trinajstić information content (AvgIpc) is 3.05. The highest BCUT2D eigenvalue weighted by Gasteiger charge is 2.40. The maximum Gasteiger partial charge on any atom is 0.283 e. The Morgan fingerprint density at radius 2 is 1.52 bits per heavy atom. The van der Waals surface area contributed by atoms with Gasteiger partial charge in [0.05, 0.1) is 12.8 Å². The second-order valence-corrected chi connectivity index (χ2v) is 9.33. The average molecular weight is 479 g/mol. The van der Waals surface area contributed by atoms with Crippen LogP contribution >= 0.6 is 23.4 Å². The van der Waals surface area contributed by atoms with Crippen molar-refractivity contribution in [2.45, 2.75) is 24.7 Å². The lowest BCUT2D eigenvalue weighted by atomic mass is 10.0. The number of carbonyl (C=O) groups is 2. The first-order valence-corrected chi connectivity index (χ1v) is 11.6. The summed E-state index contributed by atoms with van der Waals surface area (Å²) in [6.07, 6.45) is 0. The minimum Gasteiger partial charge on any atom is -0.497 e. The summed E-state index contributed by atoms with van der Waals surface area (Å²) in [4.78, 5) is 29.2. The first kappa shape index (κ1) is 23.0. The Labute approximate surface area is 202 Å². The fourth-order valence-corrected chi connectivity index (χ4v) is 4.45. The van der Waals surface area contributed by atoms with Gasteiger partial charge in [0.2, 0.25) is 0 Å². The zero-order valence-corrected chi connectivity index (χ0v) is 20.0. The molecule has 0 radical (unpaired) electrons. The number of nitrogens with one attached hydrogen (secondary N) is 1. The molecule has 5 nitrogen and oxygen atoms in total. The molecule has 0 spiro atoms. The molecule has 3 aromatic carbocycles. The molecular weight excluding hydrogens is 456 g/mol. The summed E-state index contributed by atoms with van der Waals surface area (Å²) in [5, 5.41) is 3.75. The van der Waals surface area contributed by atoms with E-state index < -0.39 is 5.91 Å². The third-order valence-corrected chi connectivity index (χ3v) is 6.59. The van der Waals surface area contributed by atoms with Gasteiger partial charge >= 0.3 is 0 Å². The van der Waals surface area contributed by atoms with Crippen molar-refractivity contribution < 1.29 is 14.3 Å². The maximum atomic E-state index is 13.4. The highest BCUT2D eigenvalue weighted by molar-refractivity contribution is 8.04. The molecule has 0 saturated heterocycles. The van der Waals surface area contributed by atoms with E-state index in [1.54, 1.807) is 43.5 Å². The number of halogens is 1. The predicted octanol–water partition coefficient (Wildman–Crippen LogP) is 6.46. The number of thioether (sulfide) groups is 1. The molecule has 3 aromatic rings. The summed E-state index contributed by atoms with van der Waals surface area (Å²) in [5.74, 6) is 0.286. The number of benzene rings is 3. The van der Waals surface area contributed by atoms with Crippen LogP contribution in [-0.2, 0) is 9.59 Å². The van der Waals surface area contributed by atoms with E-state index in [0.29, 0.717) is 33.0 Å². The molecule has 1 aliphatic rings. The minimum atomic E-state index is -0.399. The second kappa shape index (κ2) is 9.73. The van der Waals surface area contributed by atoms with Gasteiger partial charge in [0, 0.05) is 15.6 Å². The Balaban J connectivity index is 1.70. The standard InChI is InChI=1S/C26H23ClN2O3S/c1-16(2)17-4-10-20(11-5-17)29-25(30)23(28-19-8-12-21(32-3)13-9-19)24(26(29)31)33-22-14-6-18(27)7-15-22/h4-16,28H,1-3H3. The number of imide groups is 1. The Hall–Kier alpha value is -3.22. The second-order valence-electron chi connectivity index (χ2n) is 7.81. The number of amides is 2. The molecular formula is C26H23ClN2O3S. The zero-order valence-electron chi connectivity index (χ0n) is 18.5. The zero-order chi connectivity index (χ0) is 23.5. The van der Waals surface area contributed by atoms with Crippen molar-refractivity contribution in [1.82, 2.24) is 0 Å². The number of nitrogens with zero attached hydrogens (tertiary/aromatic N) is 1. The van der Waals surface area contributed by atoms with Gasteiger partial charge in [0.25, 0.3) is 11.8 Å². The molecule has 2 amide bonds. The van der Waals surface area contributed by atoms with E-state index in [0.717, 1.165) is 10.5 Å². The molecule has 0 fully saturated rings. The summed E-state index contributed by atoms with van der Waals surface area (Å²) in [5.41, 5.74) is 2.59. The van der Waals surface area contributed by atoms with E-state index in [1.807, 2.05) is 36.4 Å². The van der Waals surface area contributed by atoms with Gasteiger partial charge in [-0.15, -0.1) is 0 Å². The van der Waals surface area contributed by atoms with Crippen LogP contribution in [0.1, 0.15) is 25.3 Å². The molecule has 0 aromatic heterocycles. The van der Waals surface area contributed by atoms with Crippen LogP contribution in [0.15, 0.2) is 88.3 Å². The number of carbonyl (C=O) groups excluding carboxylic acids is 2. The molecule has 4 rings (SSSR count). The van der Waals surface area contributed by atoms with Crippen molar-refractivity contribution in [2.24, 2.45) is 0 Å². The lowest BCUT2D eigenvalue weighted by molar-refractivity contribution is -0.120. The Morgan fingerprint density at radius 3 is 2.09 bits per heavy atom. The highest BCUT2D eigenvalue weighted by atomic mass is 35.5. The highest BCUT2D eigenvalue weighted by Crippen LogP contribution is 2.38. The summed E-state index contributed by atoms with van der Waals surface area (Å²) in [6.45, 7) is 4.20. The van der Waals surface area contributed by atoms with Crippen molar-refractivity contribution in [3.05, 3.63) is 94.0 Å². The lowest BCUT2D eigenvalue weighted by Gasteiger charge is -2.16. The van der Waals surface area contributed by atoms with Crippen molar-refractivity contribution in [3.8, 4) is 5.75 Å². The first-order chi connectivity index (χ1) is 15.9. The van der Waals surface area contributed by atoms with Crippen LogP contribution in [0.3, 0.4) is 0 Å². The van der Waals surface area contributed by atoms with Crippen LogP contribution in [0.2, 0.25) is 5.02 Å². The van der Waals surface area contributed by atoms with E-state index in [-0.39, 0.29) is 11.6 Å². The van der Waals surface area contributed by atoms with Gasteiger partial charge in [-0.2, -0.15) is 0 Å². The van der Waals surface area contributed by atoms with Gasteiger partial charge in [-0.05, 0) is 72.1 Å². The molecule has 168 valence electrons. The summed E-state index contributed by atoms with van der Waals surface area (Å²) < 4.78 is 5.20. The fraction of sp³-hybridized carbons (Fsp3) is 0.154. The van der Waals surface area contributed by atoms with E-state index in [9.17, 15) is 9.59 Å². The van der Waals surface area contributed by atoms with Crippen molar-refractivity contribution in [2.75, 3.05) is 17.3 Å². The molecule has 1 N–H and O–H groups in total. The summed E-state index contributed by atoms with van der Waals surface area (Å²) in [7, 11) is 1.59. The van der Waals surface area contributed by atoms with E-state index in [1.165, 1.54) is 16.7 Å². The lowest BCUT2D eigenvalue weighted by Crippen LogP contribution is -2.32. The molecule has 0 unspecified atom stereocenters. The molecule has 1 heterocycles. The molecule has 0 atom stereocenters. The third-order valence-electron chi connectivity index (χ3n) is 5.25. The Morgan fingerprint density at radius 1 is 0.879 bits per heavy atom. The van der Waals surface area contributed by atoms with E-state index in [2.05, 4.69) is 19.2 Å². The quantitative estimate of drug-likeness (QED) is 0.395. The molecule has 0 aliphatic carbocycles. The summed E-state index contributed by atoms with van der Waals surface area (Å²) in [6, 6.07) is 21.8. The fourth-order valence-electron chi connectivity index (χ4n) is 3.40. The molecule has 0 saturated carbocycles. The van der Waals surface area contributed by atoms with Crippen LogP contribution in [0, 0.1) is 0 Å².